The van der Waals surface area contributed by atoms with Gasteiger partial charge in [0.25, 0.3) is 11.8 Å². The first-order valence-electron chi connectivity index (χ1n) is 12.1. The Morgan fingerprint density at radius 3 is 1.97 bits per heavy atom. The van der Waals surface area contributed by atoms with Crippen LogP contribution in [-0.2, 0) is 9.59 Å². The van der Waals surface area contributed by atoms with Crippen molar-refractivity contribution in [2.75, 3.05) is 23.5 Å². The fourth-order valence-electron chi connectivity index (χ4n) is 3.51. The molecule has 0 unspecified atom stereocenters. The molecule has 0 spiro atoms. The second-order valence-corrected chi connectivity index (χ2v) is 9.38. The molecule has 4 rings (SSSR count). The van der Waals surface area contributed by atoms with Crippen LogP contribution in [0.2, 0.25) is 0 Å². The van der Waals surface area contributed by atoms with E-state index in [1.807, 2.05) is 48.5 Å². The quantitative estimate of drug-likeness (QED) is 0.175. The van der Waals surface area contributed by atoms with Gasteiger partial charge in [0, 0.05) is 21.8 Å². The van der Waals surface area contributed by atoms with Gasteiger partial charge in [0.2, 0.25) is 5.91 Å². The zero-order valence-corrected chi connectivity index (χ0v) is 22.0. The van der Waals surface area contributed by atoms with Crippen LogP contribution in [0.4, 0.5) is 11.4 Å². The minimum Gasteiger partial charge on any atom is -0.497 e. The zero-order valence-electron chi connectivity index (χ0n) is 21.2. The van der Waals surface area contributed by atoms with E-state index in [2.05, 4.69) is 16.0 Å². The maximum Gasteiger partial charge on any atom is 0.272 e. The third kappa shape index (κ3) is 8.34. The van der Waals surface area contributed by atoms with Crippen LogP contribution in [0, 0.1) is 0 Å². The van der Waals surface area contributed by atoms with Crippen molar-refractivity contribution in [2.24, 2.45) is 0 Å². The smallest absolute Gasteiger partial charge is 0.272 e. The molecule has 196 valence electrons. The molecule has 3 N–H and O–H groups in total. The van der Waals surface area contributed by atoms with Crippen molar-refractivity contribution in [1.29, 1.82) is 0 Å². The molecular formula is C31H27N3O4S. The zero-order chi connectivity index (χ0) is 27.5. The van der Waals surface area contributed by atoms with Gasteiger partial charge in [0.05, 0.1) is 12.9 Å². The maximum absolute atomic E-state index is 13.1. The molecule has 0 aliphatic rings. The lowest BCUT2D eigenvalue weighted by Crippen LogP contribution is -2.30. The molecular weight excluding hydrogens is 510 g/mol. The molecule has 0 bridgehead atoms. The number of amides is 3. The fourth-order valence-corrected chi connectivity index (χ4v) is 4.21. The van der Waals surface area contributed by atoms with Gasteiger partial charge >= 0.3 is 0 Å². The molecule has 0 aliphatic heterocycles. The second-order valence-electron chi connectivity index (χ2n) is 8.33. The summed E-state index contributed by atoms with van der Waals surface area (Å²) in [6.07, 6.45) is 1.63. The number of hydrogen-bond acceptors (Lipinski definition) is 5. The highest BCUT2D eigenvalue weighted by atomic mass is 32.2. The predicted octanol–water partition coefficient (Wildman–Crippen LogP) is 5.84. The lowest BCUT2D eigenvalue weighted by atomic mass is 10.1. The van der Waals surface area contributed by atoms with Crippen molar-refractivity contribution in [3.05, 3.63) is 126 Å². The Bertz CT molecular complexity index is 1440. The van der Waals surface area contributed by atoms with Crippen molar-refractivity contribution in [2.45, 2.75) is 4.90 Å². The van der Waals surface area contributed by atoms with Gasteiger partial charge in [0.1, 0.15) is 11.4 Å². The number of anilines is 2. The van der Waals surface area contributed by atoms with Gasteiger partial charge in [-0.25, -0.2) is 0 Å². The highest BCUT2D eigenvalue weighted by Crippen LogP contribution is 2.22. The van der Waals surface area contributed by atoms with Crippen LogP contribution in [-0.4, -0.2) is 30.6 Å². The van der Waals surface area contributed by atoms with E-state index in [-0.39, 0.29) is 23.3 Å². The van der Waals surface area contributed by atoms with Crippen molar-refractivity contribution in [3.8, 4) is 5.75 Å². The lowest BCUT2D eigenvalue weighted by Gasteiger charge is -2.12. The van der Waals surface area contributed by atoms with Crippen LogP contribution in [0.3, 0.4) is 0 Å². The van der Waals surface area contributed by atoms with Crippen LogP contribution in [0.25, 0.3) is 6.08 Å². The highest BCUT2D eigenvalue weighted by Gasteiger charge is 2.15. The molecule has 0 aliphatic carbocycles. The first kappa shape index (κ1) is 27.2. The summed E-state index contributed by atoms with van der Waals surface area (Å²) in [6, 6.07) is 32.3. The first-order valence-corrected chi connectivity index (χ1v) is 13.1. The largest absolute Gasteiger partial charge is 0.497 e. The minimum absolute atomic E-state index is 0.115. The van der Waals surface area contributed by atoms with Crippen LogP contribution < -0.4 is 20.7 Å². The number of benzene rings is 4. The fraction of sp³-hybridized carbons (Fsp3) is 0.0645. The molecule has 0 aromatic heterocycles. The number of rotatable bonds is 10. The number of ether oxygens (including phenoxy) is 1. The van der Waals surface area contributed by atoms with Gasteiger partial charge in [-0.15, -0.1) is 11.8 Å². The molecule has 0 atom stereocenters. The monoisotopic (exact) mass is 537 g/mol. The molecule has 39 heavy (non-hydrogen) atoms. The summed E-state index contributed by atoms with van der Waals surface area (Å²) in [5.74, 6) is -0.0223. The van der Waals surface area contributed by atoms with Gasteiger partial charge in [-0.05, 0) is 72.3 Å². The van der Waals surface area contributed by atoms with Crippen LogP contribution >= 0.6 is 11.8 Å². The SMILES string of the molecule is COc1ccc(NC(=O)CSc2ccc(NC(=O)/C(=C/c3ccccc3)NC(=O)c3ccccc3)cc2)cc1. The summed E-state index contributed by atoms with van der Waals surface area (Å²) < 4.78 is 5.12. The number of thioether (sulfide) groups is 1. The van der Waals surface area contributed by atoms with Gasteiger partial charge in [0.15, 0.2) is 0 Å². The van der Waals surface area contributed by atoms with E-state index in [4.69, 9.17) is 4.74 Å². The van der Waals surface area contributed by atoms with E-state index >= 15 is 0 Å². The third-order valence-corrected chi connectivity index (χ3v) is 6.51. The Morgan fingerprint density at radius 2 is 1.33 bits per heavy atom. The number of methoxy groups -OCH3 is 1. The van der Waals surface area contributed by atoms with Crippen molar-refractivity contribution < 1.29 is 19.1 Å². The number of carbonyl (C=O) groups excluding carboxylic acids is 3. The number of hydrogen-bond donors (Lipinski definition) is 3. The third-order valence-electron chi connectivity index (χ3n) is 5.50. The van der Waals surface area contributed by atoms with Crippen LogP contribution in [0.1, 0.15) is 15.9 Å². The topological polar surface area (TPSA) is 96.5 Å². The highest BCUT2D eigenvalue weighted by molar-refractivity contribution is 8.00. The molecule has 4 aromatic carbocycles. The van der Waals surface area contributed by atoms with Gasteiger partial charge in [-0.1, -0.05) is 48.5 Å². The van der Waals surface area contributed by atoms with E-state index in [9.17, 15) is 14.4 Å². The Hall–Kier alpha value is -4.82. The van der Waals surface area contributed by atoms with Crippen molar-refractivity contribution in [1.82, 2.24) is 5.32 Å². The van der Waals surface area contributed by atoms with E-state index in [0.717, 1.165) is 16.2 Å². The Kier molecular flexibility index (Phi) is 9.52. The molecule has 0 fully saturated rings. The summed E-state index contributed by atoms with van der Waals surface area (Å²) >= 11 is 1.38. The minimum atomic E-state index is -0.456. The Morgan fingerprint density at radius 1 is 0.744 bits per heavy atom. The molecule has 0 radical (unpaired) electrons. The standard InChI is InChI=1S/C31H27N3O4S/c1-38-26-16-12-24(13-17-26)32-29(35)21-39-27-18-14-25(15-19-27)33-31(37)28(20-22-8-4-2-5-9-22)34-30(36)23-10-6-3-7-11-23/h2-20H,21H2,1H3,(H,32,35)(H,33,37)(H,34,36)/b28-20-. The average Bonchev–Trinajstić information content (AvgIpc) is 2.98. The molecule has 0 saturated carbocycles. The van der Waals surface area contributed by atoms with Gasteiger partial charge in [-0.2, -0.15) is 0 Å². The summed E-state index contributed by atoms with van der Waals surface area (Å²) in [5.41, 5.74) is 2.58. The summed E-state index contributed by atoms with van der Waals surface area (Å²) in [4.78, 5) is 39.1. The predicted molar refractivity (Wildman–Crippen MR) is 156 cm³/mol. The Labute approximate surface area is 231 Å². The van der Waals surface area contributed by atoms with E-state index in [1.165, 1.54) is 11.8 Å². The molecule has 3 amide bonds. The number of carbonyl (C=O) groups is 3. The summed E-state index contributed by atoms with van der Waals surface area (Å²) in [6.45, 7) is 0. The van der Waals surface area contributed by atoms with Gasteiger partial charge in [-0.3, -0.25) is 14.4 Å². The van der Waals surface area contributed by atoms with Gasteiger partial charge < -0.3 is 20.7 Å². The molecule has 7 nitrogen and oxygen atoms in total. The van der Waals surface area contributed by atoms with E-state index < -0.39 is 5.91 Å². The average molecular weight is 538 g/mol. The maximum atomic E-state index is 13.1. The van der Waals surface area contributed by atoms with Crippen LogP contribution in [0.5, 0.6) is 5.75 Å². The van der Waals surface area contributed by atoms with Crippen molar-refractivity contribution in [3.63, 3.8) is 0 Å². The molecule has 4 aromatic rings. The Balaban J connectivity index is 1.36. The van der Waals surface area contributed by atoms with E-state index in [1.54, 1.807) is 73.8 Å². The molecule has 0 heterocycles. The van der Waals surface area contributed by atoms with E-state index in [0.29, 0.717) is 16.9 Å². The van der Waals surface area contributed by atoms with Crippen molar-refractivity contribution >= 4 is 46.9 Å². The molecule has 8 heteroatoms. The normalized spacial score (nSPS) is 10.8. The van der Waals surface area contributed by atoms with Crippen LogP contribution in [0.15, 0.2) is 120 Å². The lowest BCUT2D eigenvalue weighted by molar-refractivity contribution is -0.114. The summed E-state index contributed by atoms with van der Waals surface area (Å²) in [7, 11) is 1.59. The molecule has 0 saturated heterocycles. The second kappa shape index (κ2) is 13.6. The first-order chi connectivity index (χ1) is 19.0. The number of nitrogens with one attached hydrogen (secondary N) is 3. The summed E-state index contributed by atoms with van der Waals surface area (Å²) in [5, 5.41) is 8.41.